The highest BCUT2D eigenvalue weighted by Crippen LogP contribution is 2.23. The van der Waals surface area contributed by atoms with Gasteiger partial charge in [-0.05, 0) is 24.9 Å². The van der Waals surface area contributed by atoms with Gasteiger partial charge in [-0.25, -0.2) is 8.78 Å². The van der Waals surface area contributed by atoms with Crippen LogP contribution in [0.2, 0.25) is 0 Å². The molecule has 1 aromatic rings. The largest absolute Gasteiger partial charge is 0.322 e. The molecule has 2 N–H and O–H groups in total. The molecule has 2 nitrogen and oxygen atoms in total. The van der Waals surface area contributed by atoms with Crippen LogP contribution in [0.5, 0.6) is 0 Å². The summed E-state index contributed by atoms with van der Waals surface area (Å²) in [4.78, 5) is 2.11. The summed E-state index contributed by atoms with van der Waals surface area (Å²) in [5.41, 5.74) is 6.80. The summed E-state index contributed by atoms with van der Waals surface area (Å²) >= 11 is 0. The van der Waals surface area contributed by atoms with Crippen molar-refractivity contribution in [3.05, 3.63) is 35.9 Å². The Labute approximate surface area is 107 Å². The molecule has 1 heterocycles. The van der Waals surface area contributed by atoms with Crippen LogP contribution in [0.25, 0.3) is 0 Å². The fourth-order valence-electron chi connectivity index (χ4n) is 2.63. The molecule has 1 aliphatic heterocycles. The Hall–Kier alpha value is -1.00. The van der Waals surface area contributed by atoms with Gasteiger partial charge in [0.1, 0.15) is 0 Å². The molecule has 1 aliphatic rings. The zero-order valence-electron chi connectivity index (χ0n) is 10.4. The van der Waals surface area contributed by atoms with Gasteiger partial charge in [0.15, 0.2) is 0 Å². The van der Waals surface area contributed by atoms with Gasteiger partial charge >= 0.3 is 0 Å². The number of piperidine rings is 1. The predicted octanol–water partition coefficient (Wildman–Crippen LogP) is 2.63. The Balaban J connectivity index is 2.04. The summed E-state index contributed by atoms with van der Waals surface area (Å²) in [6.07, 6.45) is 0.403. The molecule has 0 amide bonds. The number of halogens is 2. The zero-order chi connectivity index (χ0) is 13.0. The van der Waals surface area contributed by atoms with Crippen molar-refractivity contribution in [1.82, 2.24) is 4.90 Å². The van der Waals surface area contributed by atoms with Crippen LogP contribution in [0, 0.1) is 0 Å². The molecule has 1 aromatic carbocycles. The van der Waals surface area contributed by atoms with Crippen LogP contribution in [-0.4, -0.2) is 30.0 Å². The summed E-state index contributed by atoms with van der Waals surface area (Å²) in [5.74, 6) is 0. The lowest BCUT2D eigenvalue weighted by molar-refractivity contribution is 0.0353. The van der Waals surface area contributed by atoms with Gasteiger partial charge in [0.25, 0.3) is 6.43 Å². The molecule has 0 aliphatic carbocycles. The molecule has 1 fully saturated rings. The van der Waals surface area contributed by atoms with Gasteiger partial charge < -0.3 is 5.73 Å². The van der Waals surface area contributed by atoms with Crippen LogP contribution in [0.1, 0.15) is 24.8 Å². The van der Waals surface area contributed by atoms with Gasteiger partial charge in [-0.2, -0.15) is 0 Å². The third-order valence-corrected chi connectivity index (χ3v) is 3.63. The normalized spacial score (nSPS) is 23.2. The quantitative estimate of drug-likeness (QED) is 0.895. The average Bonchev–Trinajstić information content (AvgIpc) is 2.39. The Morgan fingerprint density at radius 3 is 2.61 bits per heavy atom. The maximum atomic E-state index is 12.8. The molecule has 0 aromatic heterocycles. The first kappa shape index (κ1) is 13.4. The van der Waals surface area contributed by atoms with E-state index >= 15 is 0 Å². The number of nitrogens with zero attached hydrogens (tertiary/aromatic N) is 1. The van der Waals surface area contributed by atoms with Crippen LogP contribution in [0.3, 0.4) is 0 Å². The minimum atomic E-state index is -2.44. The fraction of sp³-hybridized carbons (Fsp3) is 0.571. The van der Waals surface area contributed by atoms with Crippen molar-refractivity contribution in [2.75, 3.05) is 6.54 Å². The van der Waals surface area contributed by atoms with Crippen molar-refractivity contribution in [3.8, 4) is 0 Å². The lowest BCUT2D eigenvalue weighted by atomic mass is 9.95. The number of rotatable bonds is 4. The minimum Gasteiger partial charge on any atom is -0.322 e. The highest BCUT2D eigenvalue weighted by Gasteiger charge is 2.32. The summed E-state index contributed by atoms with van der Waals surface area (Å²) in [6.45, 7) is 1.58. The molecular weight excluding hydrogens is 234 g/mol. The van der Waals surface area contributed by atoms with Crippen LogP contribution >= 0.6 is 0 Å². The maximum absolute atomic E-state index is 12.8. The molecule has 0 radical (unpaired) electrons. The predicted molar refractivity (Wildman–Crippen MR) is 68.5 cm³/mol. The Morgan fingerprint density at radius 1 is 1.22 bits per heavy atom. The lowest BCUT2D eigenvalue weighted by Gasteiger charge is -2.38. The van der Waals surface area contributed by atoms with Gasteiger partial charge in [0.2, 0.25) is 0 Å². The van der Waals surface area contributed by atoms with Crippen LogP contribution < -0.4 is 5.73 Å². The summed E-state index contributed by atoms with van der Waals surface area (Å²) in [7, 11) is 0. The zero-order valence-corrected chi connectivity index (χ0v) is 10.4. The van der Waals surface area contributed by atoms with E-state index in [1.807, 2.05) is 30.3 Å². The second-order valence-electron chi connectivity index (χ2n) is 4.93. The highest BCUT2D eigenvalue weighted by atomic mass is 19.3. The first-order valence-electron chi connectivity index (χ1n) is 6.50. The molecule has 0 bridgehead atoms. The second kappa shape index (κ2) is 6.25. The summed E-state index contributed by atoms with van der Waals surface area (Å²) < 4.78 is 25.5. The van der Waals surface area contributed by atoms with Gasteiger partial charge in [0.05, 0.1) is 6.04 Å². The van der Waals surface area contributed by atoms with Crippen molar-refractivity contribution in [1.29, 1.82) is 0 Å². The van der Waals surface area contributed by atoms with E-state index in [-0.39, 0.29) is 6.04 Å². The Morgan fingerprint density at radius 2 is 1.94 bits per heavy atom. The molecule has 18 heavy (non-hydrogen) atoms. The number of hydrogen-bond acceptors (Lipinski definition) is 2. The highest BCUT2D eigenvalue weighted by molar-refractivity contribution is 5.14. The van der Waals surface area contributed by atoms with Crippen LogP contribution in [0.15, 0.2) is 30.3 Å². The number of hydrogen-bond donors (Lipinski definition) is 1. The van der Waals surface area contributed by atoms with Gasteiger partial charge in [-0.15, -0.1) is 0 Å². The molecule has 100 valence electrons. The summed E-state index contributed by atoms with van der Waals surface area (Å²) in [5, 5.41) is 0. The third kappa shape index (κ3) is 3.27. The third-order valence-electron chi connectivity index (χ3n) is 3.63. The first-order chi connectivity index (χ1) is 8.68. The van der Waals surface area contributed by atoms with E-state index in [9.17, 15) is 8.78 Å². The van der Waals surface area contributed by atoms with E-state index in [2.05, 4.69) is 4.90 Å². The number of nitrogens with two attached hydrogens (primary N) is 1. The van der Waals surface area contributed by atoms with Gasteiger partial charge in [-0.3, -0.25) is 4.90 Å². The van der Waals surface area contributed by atoms with Crippen molar-refractivity contribution in [2.45, 2.75) is 44.3 Å². The number of likely N-dealkylation sites (tertiary alicyclic amines) is 1. The SMILES string of the molecule is NC(C(F)F)C1CCCCN1Cc1ccccc1. The Bertz CT molecular complexity index is 356. The molecule has 2 rings (SSSR count). The summed E-state index contributed by atoms with van der Waals surface area (Å²) in [6, 6.07) is 8.73. The molecule has 1 saturated heterocycles. The molecular formula is C14H20F2N2. The number of benzene rings is 1. The van der Waals surface area contributed by atoms with E-state index in [4.69, 9.17) is 5.73 Å². The van der Waals surface area contributed by atoms with E-state index in [0.29, 0.717) is 6.54 Å². The maximum Gasteiger partial charge on any atom is 0.255 e. The number of alkyl halides is 2. The van der Waals surface area contributed by atoms with Crippen molar-refractivity contribution >= 4 is 0 Å². The van der Waals surface area contributed by atoms with E-state index in [1.54, 1.807) is 0 Å². The van der Waals surface area contributed by atoms with Crippen molar-refractivity contribution < 1.29 is 8.78 Å². The molecule has 2 unspecified atom stereocenters. The van der Waals surface area contributed by atoms with Crippen LogP contribution in [0.4, 0.5) is 8.78 Å². The minimum absolute atomic E-state index is 0.195. The smallest absolute Gasteiger partial charge is 0.255 e. The first-order valence-corrected chi connectivity index (χ1v) is 6.50. The van der Waals surface area contributed by atoms with E-state index in [0.717, 1.165) is 31.4 Å². The van der Waals surface area contributed by atoms with Crippen molar-refractivity contribution in [2.24, 2.45) is 5.73 Å². The van der Waals surface area contributed by atoms with Crippen molar-refractivity contribution in [3.63, 3.8) is 0 Å². The molecule has 4 heteroatoms. The monoisotopic (exact) mass is 254 g/mol. The molecule has 2 atom stereocenters. The fourth-order valence-corrected chi connectivity index (χ4v) is 2.63. The van der Waals surface area contributed by atoms with Gasteiger partial charge in [0, 0.05) is 12.6 Å². The Kier molecular flexibility index (Phi) is 4.66. The van der Waals surface area contributed by atoms with E-state index < -0.39 is 12.5 Å². The van der Waals surface area contributed by atoms with Gasteiger partial charge in [-0.1, -0.05) is 36.8 Å². The van der Waals surface area contributed by atoms with E-state index in [1.165, 1.54) is 0 Å². The molecule has 0 spiro atoms. The average molecular weight is 254 g/mol. The van der Waals surface area contributed by atoms with Crippen LogP contribution in [-0.2, 0) is 6.54 Å². The topological polar surface area (TPSA) is 29.3 Å². The molecule has 0 saturated carbocycles. The standard InChI is InChI=1S/C14H20F2N2/c15-14(16)13(17)12-8-4-5-9-18(12)10-11-6-2-1-3-7-11/h1-3,6-7,12-14H,4-5,8-10,17H2. The lowest BCUT2D eigenvalue weighted by Crippen LogP contribution is -2.53. The second-order valence-corrected chi connectivity index (χ2v) is 4.93.